The van der Waals surface area contributed by atoms with Crippen LogP contribution in [0.3, 0.4) is 0 Å². The molecule has 2 rings (SSSR count). The number of furan rings is 1. The molecular formula is C16H22N2O2. The van der Waals surface area contributed by atoms with Crippen LogP contribution in [-0.4, -0.2) is 11.5 Å². The maximum atomic E-state index is 5.54. The first-order chi connectivity index (χ1) is 9.74. The highest BCUT2D eigenvalue weighted by Crippen LogP contribution is 2.06. The molecule has 0 aliphatic rings. The van der Waals surface area contributed by atoms with Crippen LogP contribution in [0.15, 0.2) is 41.1 Å². The summed E-state index contributed by atoms with van der Waals surface area (Å²) in [6.07, 6.45) is 3.55. The number of hydrogen-bond acceptors (Lipinski definition) is 4. The van der Waals surface area contributed by atoms with Crippen molar-refractivity contribution in [2.24, 2.45) is 5.92 Å². The van der Waals surface area contributed by atoms with Crippen molar-refractivity contribution in [3.63, 3.8) is 0 Å². The molecule has 0 saturated carbocycles. The second-order valence-electron chi connectivity index (χ2n) is 5.25. The van der Waals surface area contributed by atoms with E-state index in [-0.39, 0.29) is 0 Å². The van der Waals surface area contributed by atoms with E-state index >= 15 is 0 Å². The molecule has 0 aliphatic carbocycles. The molecule has 0 radical (unpaired) electrons. The maximum absolute atomic E-state index is 5.54. The fourth-order valence-corrected chi connectivity index (χ4v) is 1.80. The molecule has 4 nitrogen and oxygen atoms in total. The molecule has 20 heavy (non-hydrogen) atoms. The van der Waals surface area contributed by atoms with Crippen LogP contribution >= 0.6 is 0 Å². The lowest BCUT2D eigenvalue weighted by atomic mass is 10.2. The predicted molar refractivity (Wildman–Crippen MR) is 78.0 cm³/mol. The normalized spacial score (nSPS) is 11.2. The third-order valence-corrected chi connectivity index (χ3v) is 2.84. The van der Waals surface area contributed by atoms with Gasteiger partial charge in [-0.15, -0.1) is 0 Å². The molecular weight excluding hydrogens is 252 g/mol. The number of rotatable bonds is 8. The Balaban J connectivity index is 1.71. The summed E-state index contributed by atoms with van der Waals surface area (Å²) in [5.41, 5.74) is 2.13. The van der Waals surface area contributed by atoms with Gasteiger partial charge in [0.2, 0.25) is 0 Å². The van der Waals surface area contributed by atoms with Crippen molar-refractivity contribution >= 4 is 0 Å². The molecule has 108 valence electrons. The van der Waals surface area contributed by atoms with Crippen molar-refractivity contribution in [3.8, 4) is 0 Å². The quantitative estimate of drug-likeness (QED) is 0.803. The Kier molecular flexibility index (Phi) is 5.77. The molecule has 4 heteroatoms. The summed E-state index contributed by atoms with van der Waals surface area (Å²) in [7, 11) is 0. The summed E-state index contributed by atoms with van der Waals surface area (Å²) >= 11 is 0. The first-order valence-electron chi connectivity index (χ1n) is 6.98. The first-order valence-corrected chi connectivity index (χ1v) is 6.98. The van der Waals surface area contributed by atoms with Gasteiger partial charge in [-0.1, -0.05) is 19.9 Å². The monoisotopic (exact) mass is 274 g/mol. The summed E-state index contributed by atoms with van der Waals surface area (Å²) in [6.45, 7) is 7.26. The van der Waals surface area contributed by atoms with Gasteiger partial charge < -0.3 is 14.5 Å². The minimum Gasteiger partial charge on any atom is -0.467 e. The molecule has 0 spiro atoms. The average molecular weight is 274 g/mol. The molecule has 0 unspecified atom stereocenters. The summed E-state index contributed by atoms with van der Waals surface area (Å²) in [5, 5.41) is 3.40. The zero-order chi connectivity index (χ0) is 14.2. The molecule has 2 aromatic rings. The zero-order valence-electron chi connectivity index (χ0n) is 12.1. The lowest BCUT2D eigenvalue weighted by Crippen LogP contribution is -2.19. The Hall–Kier alpha value is -1.65. The first kappa shape index (κ1) is 14.8. The largest absolute Gasteiger partial charge is 0.467 e. The summed E-state index contributed by atoms with van der Waals surface area (Å²) in [6, 6.07) is 7.85. The number of hydrogen-bond donors (Lipinski definition) is 1. The second-order valence-corrected chi connectivity index (χ2v) is 5.25. The van der Waals surface area contributed by atoms with Crippen LogP contribution in [0.5, 0.6) is 0 Å². The van der Waals surface area contributed by atoms with Crippen LogP contribution in [0.4, 0.5) is 0 Å². The van der Waals surface area contributed by atoms with E-state index in [1.165, 1.54) is 5.56 Å². The third kappa shape index (κ3) is 5.15. The van der Waals surface area contributed by atoms with E-state index in [1.807, 2.05) is 24.4 Å². The van der Waals surface area contributed by atoms with Gasteiger partial charge in [0.25, 0.3) is 0 Å². The lowest BCUT2D eigenvalue weighted by molar-refractivity contribution is 0.0906. The number of nitrogens with one attached hydrogen (secondary N) is 1. The van der Waals surface area contributed by atoms with Crippen molar-refractivity contribution < 1.29 is 9.15 Å². The fourth-order valence-electron chi connectivity index (χ4n) is 1.80. The van der Waals surface area contributed by atoms with E-state index < -0.39 is 0 Å². The van der Waals surface area contributed by atoms with Crippen molar-refractivity contribution in [3.05, 3.63) is 53.7 Å². The van der Waals surface area contributed by atoms with Crippen molar-refractivity contribution in [2.75, 3.05) is 6.54 Å². The lowest BCUT2D eigenvalue weighted by Gasteiger charge is -2.08. The zero-order valence-corrected chi connectivity index (χ0v) is 12.1. The Morgan fingerprint density at radius 1 is 1.25 bits per heavy atom. The number of pyridine rings is 1. The minimum atomic E-state index is 0.479. The summed E-state index contributed by atoms with van der Waals surface area (Å²) in [5.74, 6) is 1.50. The van der Waals surface area contributed by atoms with Crippen molar-refractivity contribution in [1.29, 1.82) is 0 Å². The SMILES string of the molecule is CC(C)CNCc1ccc(COCc2ccco2)nc1. The molecule has 2 aromatic heterocycles. The van der Waals surface area contributed by atoms with E-state index in [0.29, 0.717) is 19.1 Å². The van der Waals surface area contributed by atoms with Crippen LogP contribution in [0, 0.1) is 5.92 Å². The Morgan fingerprint density at radius 3 is 2.80 bits per heavy atom. The minimum absolute atomic E-state index is 0.479. The van der Waals surface area contributed by atoms with E-state index in [0.717, 1.165) is 24.5 Å². The smallest absolute Gasteiger partial charge is 0.129 e. The Bertz CT molecular complexity index is 478. The van der Waals surface area contributed by atoms with Gasteiger partial charge in [0.1, 0.15) is 12.4 Å². The molecule has 0 amide bonds. The highest BCUT2D eigenvalue weighted by molar-refractivity contribution is 5.13. The van der Waals surface area contributed by atoms with Gasteiger partial charge in [-0.25, -0.2) is 0 Å². The van der Waals surface area contributed by atoms with Gasteiger partial charge >= 0.3 is 0 Å². The number of aromatic nitrogens is 1. The van der Waals surface area contributed by atoms with E-state index in [2.05, 4.69) is 30.2 Å². The predicted octanol–water partition coefficient (Wildman–Crippen LogP) is 3.14. The Labute approximate surface area is 120 Å². The molecule has 0 atom stereocenters. The van der Waals surface area contributed by atoms with Gasteiger partial charge in [0, 0.05) is 12.7 Å². The van der Waals surface area contributed by atoms with Crippen molar-refractivity contribution in [2.45, 2.75) is 33.6 Å². The average Bonchev–Trinajstić information content (AvgIpc) is 2.93. The van der Waals surface area contributed by atoms with E-state index in [9.17, 15) is 0 Å². The molecule has 0 fully saturated rings. The molecule has 0 bridgehead atoms. The van der Waals surface area contributed by atoms with E-state index in [1.54, 1.807) is 6.26 Å². The summed E-state index contributed by atoms with van der Waals surface area (Å²) in [4.78, 5) is 4.40. The van der Waals surface area contributed by atoms with Gasteiger partial charge in [-0.2, -0.15) is 0 Å². The maximum Gasteiger partial charge on any atom is 0.129 e. The van der Waals surface area contributed by atoms with Gasteiger partial charge in [0.15, 0.2) is 0 Å². The van der Waals surface area contributed by atoms with E-state index in [4.69, 9.17) is 9.15 Å². The standard InChI is InChI=1S/C16H22N2O2/c1-13(2)8-17-9-14-5-6-15(18-10-14)11-19-12-16-4-3-7-20-16/h3-7,10,13,17H,8-9,11-12H2,1-2H3. The molecule has 1 N–H and O–H groups in total. The molecule has 0 aliphatic heterocycles. The van der Waals surface area contributed by atoms with Crippen LogP contribution in [0.25, 0.3) is 0 Å². The van der Waals surface area contributed by atoms with Crippen LogP contribution in [0.1, 0.15) is 30.9 Å². The van der Waals surface area contributed by atoms with Gasteiger partial charge in [0.05, 0.1) is 18.6 Å². The fraction of sp³-hybridized carbons (Fsp3) is 0.438. The van der Waals surface area contributed by atoms with Gasteiger partial charge in [-0.3, -0.25) is 4.98 Å². The van der Waals surface area contributed by atoms with Crippen LogP contribution < -0.4 is 5.32 Å². The highest BCUT2D eigenvalue weighted by Gasteiger charge is 2.00. The summed E-state index contributed by atoms with van der Waals surface area (Å²) < 4.78 is 10.7. The van der Waals surface area contributed by atoms with Crippen LogP contribution in [0.2, 0.25) is 0 Å². The number of nitrogens with zero attached hydrogens (tertiary/aromatic N) is 1. The molecule has 0 aromatic carbocycles. The van der Waals surface area contributed by atoms with Crippen molar-refractivity contribution in [1.82, 2.24) is 10.3 Å². The van der Waals surface area contributed by atoms with Crippen LogP contribution in [-0.2, 0) is 24.5 Å². The second kappa shape index (κ2) is 7.82. The third-order valence-electron chi connectivity index (χ3n) is 2.84. The highest BCUT2D eigenvalue weighted by atomic mass is 16.5. The van der Waals surface area contributed by atoms with Gasteiger partial charge in [-0.05, 0) is 36.2 Å². The number of ether oxygens (including phenoxy) is 1. The Morgan fingerprint density at radius 2 is 2.15 bits per heavy atom. The topological polar surface area (TPSA) is 47.3 Å². The molecule has 0 saturated heterocycles. The molecule has 2 heterocycles.